The van der Waals surface area contributed by atoms with E-state index < -0.39 is 11.8 Å². The number of ether oxygens (including phenoxy) is 1. The fourth-order valence-electron chi connectivity index (χ4n) is 2.50. The van der Waals surface area contributed by atoms with E-state index in [1.807, 2.05) is 4.90 Å². The van der Waals surface area contributed by atoms with Gasteiger partial charge in [-0.3, -0.25) is 9.69 Å². The molecule has 20 heavy (non-hydrogen) atoms. The molecule has 5 nitrogen and oxygen atoms in total. The van der Waals surface area contributed by atoms with E-state index in [1.54, 1.807) is 6.07 Å². The highest BCUT2D eigenvalue weighted by molar-refractivity contribution is 5.89. The van der Waals surface area contributed by atoms with Gasteiger partial charge in [0.15, 0.2) is 0 Å². The minimum absolute atomic E-state index is 0.0934. The second-order valence-corrected chi connectivity index (χ2v) is 4.84. The minimum Gasteiger partial charge on any atom is -0.465 e. The number of nitrogens with two attached hydrogens (primary N) is 1. The molecule has 1 saturated heterocycles. The smallest absolute Gasteiger partial charge is 0.340 e. The molecule has 1 heterocycles. The lowest BCUT2D eigenvalue weighted by molar-refractivity contribution is -0.122. The molecule has 2 N–H and O–H groups in total. The molecular formula is C14H17FN2O3. The average molecular weight is 280 g/mol. The van der Waals surface area contributed by atoms with Crippen LogP contribution in [0.15, 0.2) is 18.2 Å². The second kappa shape index (κ2) is 6.00. The van der Waals surface area contributed by atoms with E-state index in [0.717, 1.165) is 19.4 Å². The number of rotatable bonds is 4. The molecule has 1 aromatic carbocycles. The zero-order chi connectivity index (χ0) is 14.7. The maximum atomic E-state index is 13.8. The molecule has 0 bridgehead atoms. The number of nitrogens with zero attached hydrogens (tertiary/aromatic N) is 1. The number of hydrogen-bond acceptors (Lipinski definition) is 4. The van der Waals surface area contributed by atoms with E-state index in [0.29, 0.717) is 12.1 Å². The molecule has 1 fully saturated rings. The van der Waals surface area contributed by atoms with Gasteiger partial charge in [0, 0.05) is 6.54 Å². The zero-order valence-corrected chi connectivity index (χ0v) is 11.3. The van der Waals surface area contributed by atoms with Crippen LogP contribution in [0.25, 0.3) is 0 Å². The number of methoxy groups -OCH3 is 1. The summed E-state index contributed by atoms with van der Waals surface area (Å²) in [5.74, 6) is -1.68. The molecule has 2 rings (SSSR count). The number of primary amides is 1. The van der Waals surface area contributed by atoms with Gasteiger partial charge in [-0.05, 0) is 37.1 Å². The summed E-state index contributed by atoms with van der Waals surface area (Å²) >= 11 is 0. The third-order valence-corrected chi connectivity index (χ3v) is 3.52. The van der Waals surface area contributed by atoms with Crippen LogP contribution in [0.5, 0.6) is 0 Å². The summed E-state index contributed by atoms with van der Waals surface area (Å²) in [6.45, 7) is 1.19. The van der Waals surface area contributed by atoms with Gasteiger partial charge in [-0.2, -0.15) is 0 Å². The fraction of sp³-hybridized carbons (Fsp3) is 0.429. The van der Waals surface area contributed by atoms with Crippen molar-refractivity contribution in [2.45, 2.75) is 25.4 Å². The number of carbonyl (C=O) groups excluding carboxylic acids is 2. The van der Waals surface area contributed by atoms with Gasteiger partial charge in [0.1, 0.15) is 5.82 Å². The van der Waals surface area contributed by atoms with Crippen molar-refractivity contribution in [1.29, 1.82) is 0 Å². The zero-order valence-electron chi connectivity index (χ0n) is 11.3. The Morgan fingerprint density at radius 2 is 2.25 bits per heavy atom. The topological polar surface area (TPSA) is 72.6 Å². The molecule has 1 aromatic rings. The molecule has 0 radical (unpaired) electrons. The summed E-state index contributed by atoms with van der Waals surface area (Å²) in [7, 11) is 1.21. The highest BCUT2D eigenvalue weighted by Crippen LogP contribution is 2.21. The van der Waals surface area contributed by atoms with Gasteiger partial charge in [0.05, 0.1) is 18.7 Å². The number of esters is 1. The van der Waals surface area contributed by atoms with Gasteiger partial charge in [-0.1, -0.05) is 6.07 Å². The Balaban J connectivity index is 2.12. The first-order valence-corrected chi connectivity index (χ1v) is 6.43. The van der Waals surface area contributed by atoms with E-state index in [1.165, 1.54) is 19.2 Å². The molecule has 1 aliphatic rings. The first kappa shape index (κ1) is 14.5. The molecule has 1 amide bonds. The van der Waals surface area contributed by atoms with E-state index in [9.17, 15) is 14.0 Å². The standard InChI is InChI=1S/C14H17FN2O3/c1-20-14(19)10-5-4-9(7-11(10)15)8-17-6-2-3-12(17)13(16)18/h4-5,7,12H,2-3,6,8H2,1H3,(H2,16,18). The molecule has 1 atom stereocenters. The molecule has 0 aliphatic carbocycles. The Bertz CT molecular complexity index is 533. The summed E-state index contributed by atoms with van der Waals surface area (Å²) in [5, 5.41) is 0. The minimum atomic E-state index is -0.703. The Kier molecular flexibility index (Phi) is 4.34. The van der Waals surface area contributed by atoms with Gasteiger partial charge >= 0.3 is 5.97 Å². The summed E-state index contributed by atoms with van der Waals surface area (Å²) in [4.78, 5) is 24.5. The maximum absolute atomic E-state index is 13.8. The van der Waals surface area contributed by atoms with Gasteiger partial charge < -0.3 is 10.5 Å². The third kappa shape index (κ3) is 2.96. The lowest BCUT2D eigenvalue weighted by atomic mass is 10.1. The van der Waals surface area contributed by atoms with E-state index >= 15 is 0 Å². The molecule has 0 aromatic heterocycles. The third-order valence-electron chi connectivity index (χ3n) is 3.52. The number of amides is 1. The van der Waals surface area contributed by atoms with Crippen molar-refractivity contribution in [3.05, 3.63) is 35.1 Å². The predicted molar refractivity (Wildman–Crippen MR) is 70.4 cm³/mol. The van der Waals surface area contributed by atoms with Gasteiger partial charge in [-0.15, -0.1) is 0 Å². The number of carbonyl (C=O) groups is 2. The number of hydrogen-bond donors (Lipinski definition) is 1. The first-order valence-electron chi connectivity index (χ1n) is 6.43. The molecular weight excluding hydrogens is 263 g/mol. The summed E-state index contributed by atoms with van der Waals surface area (Å²) in [5.41, 5.74) is 5.94. The van der Waals surface area contributed by atoms with Gasteiger partial charge in [0.25, 0.3) is 0 Å². The number of benzene rings is 1. The predicted octanol–water partition coefficient (Wildman–Crippen LogP) is 1.06. The van der Waals surface area contributed by atoms with Crippen molar-refractivity contribution in [2.24, 2.45) is 5.73 Å². The summed E-state index contributed by atoms with van der Waals surface area (Å²) < 4.78 is 18.3. The Morgan fingerprint density at radius 1 is 1.50 bits per heavy atom. The van der Waals surface area contributed by atoms with Crippen LogP contribution in [-0.4, -0.2) is 36.5 Å². The Hall–Kier alpha value is -1.95. The van der Waals surface area contributed by atoms with Gasteiger partial charge in [-0.25, -0.2) is 9.18 Å². The molecule has 6 heteroatoms. The van der Waals surface area contributed by atoms with Crippen LogP contribution in [0.2, 0.25) is 0 Å². The highest BCUT2D eigenvalue weighted by Gasteiger charge is 2.28. The lowest BCUT2D eigenvalue weighted by Crippen LogP contribution is -2.39. The van der Waals surface area contributed by atoms with Crippen LogP contribution in [0.1, 0.15) is 28.8 Å². The van der Waals surface area contributed by atoms with Crippen LogP contribution in [0.4, 0.5) is 4.39 Å². The summed E-state index contributed by atoms with van der Waals surface area (Å²) in [6.07, 6.45) is 1.63. The highest BCUT2D eigenvalue weighted by atomic mass is 19.1. The van der Waals surface area contributed by atoms with Gasteiger partial charge in [0.2, 0.25) is 5.91 Å². The molecule has 1 unspecified atom stereocenters. The van der Waals surface area contributed by atoms with Crippen molar-refractivity contribution in [2.75, 3.05) is 13.7 Å². The number of halogens is 1. The van der Waals surface area contributed by atoms with Crippen molar-refractivity contribution < 1.29 is 18.7 Å². The van der Waals surface area contributed by atoms with Crippen LogP contribution in [0, 0.1) is 5.82 Å². The van der Waals surface area contributed by atoms with Crippen molar-refractivity contribution in [1.82, 2.24) is 4.90 Å². The fourth-order valence-corrected chi connectivity index (χ4v) is 2.50. The van der Waals surface area contributed by atoms with E-state index in [2.05, 4.69) is 4.74 Å². The van der Waals surface area contributed by atoms with Crippen LogP contribution in [0.3, 0.4) is 0 Å². The normalized spacial score (nSPS) is 19.0. The molecule has 108 valence electrons. The Labute approximate surface area is 116 Å². The van der Waals surface area contributed by atoms with Crippen molar-refractivity contribution in [3.8, 4) is 0 Å². The first-order chi connectivity index (χ1) is 9.52. The molecule has 1 aliphatic heterocycles. The van der Waals surface area contributed by atoms with E-state index in [-0.39, 0.29) is 17.5 Å². The Morgan fingerprint density at radius 3 is 2.85 bits per heavy atom. The summed E-state index contributed by atoms with van der Waals surface area (Å²) in [6, 6.07) is 4.05. The second-order valence-electron chi connectivity index (χ2n) is 4.84. The van der Waals surface area contributed by atoms with Crippen molar-refractivity contribution in [3.63, 3.8) is 0 Å². The lowest BCUT2D eigenvalue weighted by Gasteiger charge is -2.21. The quantitative estimate of drug-likeness (QED) is 0.837. The van der Waals surface area contributed by atoms with Crippen LogP contribution < -0.4 is 5.73 Å². The average Bonchev–Trinajstić information content (AvgIpc) is 2.86. The van der Waals surface area contributed by atoms with Crippen LogP contribution >= 0.6 is 0 Å². The van der Waals surface area contributed by atoms with Crippen LogP contribution in [-0.2, 0) is 16.1 Å². The SMILES string of the molecule is COC(=O)c1ccc(CN2CCCC2C(N)=O)cc1F. The van der Waals surface area contributed by atoms with Crippen molar-refractivity contribution >= 4 is 11.9 Å². The largest absolute Gasteiger partial charge is 0.465 e. The monoisotopic (exact) mass is 280 g/mol. The maximum Gasteiger partial charge on any atom is 0.340 e. The number of likely N-dealkylation sites (tertiary alicyclic amines) is 1. The molecule has 0 spiro atoms. The van der Waals surface area contributed by atoms with E-state index in [4.69, 9.17) is 5.73 Å². The molecule has 0 saturated carbocycles.